The summed E-state index contributed by atoms with van der Waals surface area (Å²) < 4.78 is 0. The van der Waals surface area contributed by atoms with Crippen LogP contribution in [0.25, 0.3) is 0 Å². The van der Waals surface area contributed by atoms with E-state index in [0.29, 0.717) is 0 Å². The molecule has 0 radical (unpaired) electrons. The van der Waals surface area contributed by atoms with Gasteiger partial charge < -0.3 is 0 Å². The van der Waals surface area contributed by atoms with E-state index in [-0.39, 0.29) is 30.7 Å². The molecule has 0 saturated heterocycles. The van der Waals surface area contributed by atoms with Crippen molar-refractivity contribution in [3.63, 3.8) is 0 Å². The molecule has 0 fully saturated rings. The van der Waals surface area contributed by atoms with E-state index in [2.05, 4.69) is 170 Å². The molecular formula is C46H29Li. The molecule has 0 spiro atoms. The van der Waals surface area contributed by atoms with Gasteiger partial charge in [-0.2, -0.15) is 24.3 Å². The van der Waals surface area contributed by atoms with Gasteiger partial charge >= 0.3 is 18.9 Å². The summed E-state index contributed by atoms with van der Waals surface area (Å²) in [5.41, 5.74) is 18.3. The van der Waals surface area contributed by atoms with Gasteiger partial charge in [-0.3, -0.25) is 0 Å². The van der Waals surface area contributed by atoms with Crippen LogP contribution in [0.2, 0.25) is 0 Å². The number of hydrogen-bond donors (Lipinski definition) is 0. The van der Waals surface area contributed by atoms with E-state index >= 15 is 0 Å². The Morgan fingerprint density at radius 1 is 0.298 bits per heavy atom. The summed E-state index contributed by atoms with van der Waals surface area (Å²) in [6, 6.07) is 66.2. The Morgan fingerprint density at radius 3 is 0.787 bits per heavy atom. The molecule has 1 heteroatoms. The van der Waals surface area contributed by atoms with E-state index < -0.39 is 10.8 Å². The van der Waals surface area contributed by atoms with Crippen LogP contribution >= 0.6 is 0 Å². The summed E-state index contributed by atoms with van der Waals surface area (Å²) in [7, 11) is 0. The molecule has 0 atom stereocenters. The van der Waals surface area contributed by atoms with Gasteiger partial charge in [0.05, 0.1) is 0 Å². The average molecular weight is 589 g/mol. The van der Waals surface area contributed by atoms with E-state index in [0.717, 1.165) is 0 Å². The zero-order valence-corrected chi connectivity index (χ0v) is 26.2. The molecule has 4 bridgehead atoms. The van der Waals surface area contributed by atoms with Crippen molar-refractivity contribution in [1.29, 1.82) is 0 Å². The molecule has 7 aromatic rings. The molecule has 0 N–H and O–H groups in total. The van der Waals surface area contributed by atoms with Crippen LogP contribution in [0.5, 0.6) is 0 Å². The van der Waals surface area contributed by atoms with Crippen LogP contribution in [0.15, 0.2) is 164 Å². The van der Waals surface area contributed by atoms with Crippen LogP contribution in [0.3, 0.4) is 0 Å². The van der Waals surface area contributed by atoms with Gasteiger partial charge in [0.15, 0.2) is 0 Å². The summed E-state index contributed by atoms with van der Waals surface area (Å²) in [4.78, 5) is 0. The predicted octanol–water partition coefficient (Wildman–Crippen LogP) is 6.87. The van der Waals surface area contributed by atoms with Gasteiger partial charge in [0, 0.05) is 22.7 Å². The molecule has 214 valence electrons. The van der Waals surface area contributed by atoms with Gasteiger partial charge in [-0.25, -0.2) is 0 Å². The van der Waals surface area contributed by atoms with Gasteiger partial charge in [-0.05, 0) is 66.8 Å². The second-order valence-corrected chi connectivity index (χ2v) is 13.4. The zero-order valence-electron chi connectivity index (χ0n) is 26.2. The van der Waals surface area contributed by atoms with Crippen molar-refractivity contribution >= 4 is 0 Å². The van der Waals surface area contributed by atoms with Crippen molar-refractivity contribution < 1.29 is 18.9 Å². The Balaban J connectivity index is 0.00000285. The Labute approximate surface area is 288 Å². The SMILES string of the molecule is [Li+].[c-]1c(C23c4ccccc4C(c4ccccc42)c2ccccc23)cccc1C12c3ccccc3C(c3ccccc31)c1ccccc12. The molecular weight excluding hydrogens is 559 g/mol. The minimum atomic E-state index is -0.463. The summed E-state index contributed by atoms with van der Waals surface area (Å²) in [6.45, 7) is 0. The normalized spacial score (nSPS) is 22.9. The second kappa shape index (κ2) is 9.59. The van der Waals surface area contributed by atoms with E-state index in [1.165, 1.54) is 77.9 Å². The summed E-state index contributed by atoms with van der Waals surface area (Å²) in [5.74, 6) is 0.484. The molecule has 7 aromatic carbocycles. The Morgan fingerprint density at radius 2 is 0.532 bits per heavy atom. The number of rotatable bonds is 2. The van der Waals surface area contributed by atoms with Crippen molar-refractivity contribution in [3.8, 4) is 0 Å². The maximum atomic E-state index is 4.26. The maximum Gasteiger partial charge on any atom is 1.00 e. The molecule has 0 saturated carbocycles. The summed E-state index contributed by atoms with van der Waals surface area (Å²) >= 11 is 0. The number of hydrogen-bond acceptors (Lipinski definition) is 0. The minimum Gasteiger partial charge on any atom is -0.174 e. The van der Waals surface area contributed by atoms with Gasteiger partial charge in [-0.15, -0.1) is 11.1 Å². The van der Waals surface area contributed by atoms with Crippen molar-refractivity contribution in [3.05, 3.63) is 248 Å². The van der Waals surface area contributed by atoms with Gasteiger partial charge in [0.25, 0.3) is 0 Å². The Bertz CT molecular complexity index is 2020. The molecule has 6 aliphatic rings. The monoisotopic (exact) mass is 588 g/mol. The summed E-state index contributed by atoms with van der Waals surface area (Å²) in [5, 5.41) is 0. The van der Waals surface area contributed by atoms with Crippen LogP contribution in [0, 0.1) is 6.07 Å². The van der Waals surface area contributed by atoms with Crippen LogP contribution in [-0.4, -0.2) is 0 Å². The Hall–Kier alpha value is -4.86. The average Bonchev–Trinajstić information content (AvgIpc) is 3.14. The molecule has 0 nitrogen and oxygen atoms in total. The first-order valence-electron chi connectivity index (χ1n) is 16.4. The standard InChI is InChI=1S/C46H29.Li/c1-7-22-37-31(16-1)43-32-17-2-8-23-38(32)45(37,39-24-9-3-18-33(39)43)29-14-13-15-30(28-29)46-40-25-10-4-19-34(40)44(35-20-5-11-26-41(35)46)36-21-6-12-27-42(36)46;/h1-27,43-44H;/q-1;+1. The fourth-order valence-electron chi connectivity index (χ4n) is 10.2. The van der Waals surface area contributed by atoms with Crippen LogP contribution < -0.4 is 18.9 Å². The minimum absolute atomic E-state index is 0. The molecule has 0 unspecified atom stereocenters. The predicted molar refractivity (Wildman–Crippen MR) is 184 cm³/mol. The molecule has 0 aromatic heterocycles. The van der Waals surface area contributed by atoms with Crippen LogP contribution in [0.1, 0.15) is 89.7 Å². The first kappa shape index (κ1) is 27.3. The van der Waals surface area contributed by atoms with Crippen molar-refractivity contribution in [2.45, 2.75) is 22.7 Å². The van der Waals surface area contributed by atoms with Crippen LogP contribution in [0.4, 0.5) is 0 Å². The molecule has 13 rings (SSSR count). The molecule has 47 heavy (non-hydrogen) atoms. The van der Waals surface area contributed by atoms with E-state index in [1.54, 1.807) is 0 Å². The first-order valence-corrected chi connectivity index (χ1v) is 16.4. The Kier molecular flexibility index (Phi) is 5.56. The topological polar surface area (TPSA) is 0 Å². The molecule has 0 aliphatic heterocycles. The first-order chi connectivity index (χ1) is 22.8. The van der Waals surface area contributed by atoms with Crippen LogP contribution in [-0.2, 0) is 10.8 Å². The largest absolute Gasteiger partial charge is 1.00 e. The molecule has 0 heterocycles. The van der Waals surface area contributed by atoms with E-state index in [9.17, 15) is 0 Å². The van der Waals surface area contributed by atoms with Crippen molar-refractivity contribution in [1.82, 2.24) is 0 Å². The molecule has 0 amide bonds. The van der Waals surface area contributed by atoms with Crippen molar-refractivity contribution in [2.75, 3.05) is 0 Å². The third kappa shape index (κ3) is 3.08. The summed E-state index contributed by atoms with van der Waals surface area (Å²) in [6.07, 6.45) is 0. The zero-order chi connectivity index (χ0) is 30.0. The van der Waals surface area contributed by atoms with E-state index in [4.69, 9.17) is 0 Å². The fourth-order valence-corrected chi connectivity index (χ4v) is 10.2. The number of benzene rings is 7. The molecule has 6 aliphatic carbocycles. The van der Waals surface area contributed by atoms with Gasteiger partial charge in [0.2, 0.25) is 0 Å². The second-order valence-electron chi connectivity index (χ2n) is 13.4. The van der Waals surface area contributed by atoms with Gasteiger partial charge in [0.1, 0.15) is 0 Å². The smallest absolute Gasteiger partial charge is 0.174 e. The third-order valence-corrected chi connectivity index (χ3v) is 11.7. The van der Waals surface area contributed by atoms with E-state index in [1.807, 2.05) is 0 Å². The fraction of sp³-hybridized carbons (Fsp3) is 0.0870. The van der Waals surface area contributed by atoms with Crippen molar-refractivity contribution in [2.24, 2.45) is 0 Å². The van der Waals surface area contributed by atoms with Gasteiger partial charge in [-0.1, -0.05) is 146 Å². The third-order valence-electron chi connectivity index (χ3n) is 11.7. The quantitative estimate of drug-likeness (QED) is 0.153. The maximum absolute atomic E-state index is 4.26.